The Bertz CT molecular complexity index is 641. The van der Waals surface area contributed by atoms with Gasteiger partial charge in [-0.3, -0.25) is 19.7 Å². The molecule has 8 heteroatoms. The molecule has 136 valence electrons. The smallest absolute Gasteiger partial charge is 0.312 e. The van der Waals surface area contributed by atoms with Crippen molar-refractivity contribution >= 4 is 23.3 Å². The van der Waals surface area contributed by atoms with Gasteiger partial charge >= 0.3 is 5.97 Å². The van der Waals surface area contributed by atoms with Crippen LogP contribution in [-0.2, 0) is 14.3 Å². The minimum Gasteiger partial charge on any atom is -0.469 e. The van der Waals surface area contributed by atoms with Gasteiger partial charge < -0.3 is 15.0 Å². The number of nitro benzene ring substituents is 1. The lowest BCUT2D eigenvalue weighted by Crippen LogP contribution is -3.18. The van der Waals surface area contributed by atoms with E-state index in [2.05, 4.69) is 12.2 Å². The fraction of sp³-hybridized carbons (Fsp3) is 0.529. The average molecular weight is 350 g/mol. The molecule has 0 spiro atoms. The van der Waals surface area contributed by atoms with Crippen molar-refractivity contribution in [1.29, 1.82) is 0 Å². The van der Waals surface area contributed by atoms with Crippen molar-refractivity contribution in [2.45, 2.75) is 32.2 Å². The Balaban J connectivity index is 2.17. The van der Waals surface area contributed by atoms with Crippen LogP contribution < -0.4 is 10.2 Å². The fourth-order valence-electron chi connectivity index (χ4n) is 3.11. The van der Waals surface area contributed by atoms with Crippen LogP contribution in [0.5, 0.6) is 0 Å². The Hall–Kier alpha value is -2.48. The number of likely N-dealkylation sites (tertiary alicyclic amines) is 1. The molecule has 25 heavy (non-hydrogen) atoms. The second kappa shape index (κ2) is 8.57. The molecule has 0 unspecified atom stereocenters. The highest BCUT2D eigenvalue weighted by atomic mass is 16.6. The normalized spacial score (nSPS) is 21.2. The summed E-state index contributed by atoms with van der Waals surface area (Å²) in [5.41, 5.74) is -0.0351. The second-order valence-electron chi connectivity index (χ2n) is 6.44. The van der Waals surface area contributed by atoms with Crippen LogP contribution >= 0.6 is 0 Å². The molecule has 8 nitrogen and oxygen atoms in total. The van der Waals surface area contributed by atoms with Gasteiger partial charge in [-0.25, -0.2) is 0 Å². The van der Waals surface area contributed by atoms with Crippen molar-refractivity contribution in [1.82, 2.24) is 0 Å². The molecule has 1 heterocycles. The van der Waals surface area contributed by atoms with Gasteiger partial charge in [-0.15, -0.1) is 0 Å². The molecule has 2 rings (SSSR count). The van der Waals surface area contributed by atoms with Gasteiger partial charge in [0, 0.05) is 6.07 Å². The summed E-state index contributed by atoms with van der Waals surface area (Å²) >= 11 is 0. The summed E-state index contributed by atoms with van der Waals surface area (Å²) in [6.07, 6.45) is 1.91. The van der Waals surface area contributed by atoms with Gasteiger partial charge in [0.1, 0.15) is 12.1 Å². The monoisotopic (exact) mass is 350 g/mol. The third-order valence-corrected chi connectivity index (χ3v) is 4.68. The van der Waals surface area contributed by atoms with E-state index in [0.29, 0.717) is 5.92 Å². The van der Waals surface area contributed by atoms with Gasteiger partial charge in [-0.05, 0) is 24.8 Å². The lowest BCUT2D eigenvalue weighted by molar-refractivity contribution is -0.921. The zero-order chi connectivity index (χ0) is 18.4. The van der Waals surface area contributed by atoms with Crippen LogP contribution in [0.25, 0.3) is 0 Å². The average Bonchev–Trinajstić information content (AvgIpc) is 2.60. The summed E-state index contributed by atoms with van der Waals surface area (Å²) in [6.45, 7) is 3.74. The van der Waals surface area contributed by atoms with Crippen LogP contribution in [0.1, 0.15) is 26.2 Å². The Kier molecular flexibility index (Phi) is 6.46. The van der Waals surface area contributed by atoms with Crippen LogP contribution in [-0.4, -0.2) is 43.0 Å². The summed E-state index contributed by atoms with van der Waals surface area (Å²) < 4.78 is 4.71. The van der Waals surface area contributed by atoms with E-state index >= 15 is 0 Å². The van der Waals surface area contributed by atoms with Gasteiger partial charge in [0.15, 0.2) is 6.04 Å². The van der Waals surface area contributed by atoms with Crippen LogP contribution in [0.2, 0.25) is 0 Å². The predicted octanol–water partition coefficient (Wildman–Crippen LogP) is 0.780. The maximum Gasteiger partial charge on any atom is 0.312 e. The number of esters is 1. The number of carbonyl (C=O) groups excluding carboxylic acids is 2. The third kappa shape index (κ3) is 4.99. The number of quaternary nitrogens is 1. The molecule has 1 aromatic carbocycles. The van der Waals surface area contributed by atoms with Crippen LogP contribution in [0.3, 0.4) is 0 Å². The molecule has 0 bridgehead atoms. The number of nitrogens with zero attached hydrogens (tertiary/aromatic N) is 1. The van der Waals surface area contributed by atoms with E-state index < -0.39 is 22.8 Å². The highest BCUT2D eigenvalue weighted by Gasteiger charge is 2.35. The zero-order valence-corrected chi connectivity index (χ0v) is 14.5. The number of nitro groups is 1. The number of methoxy groups -OCH3 is 1. The Labute approximate surface area is 146 Å². The molecule has 1 atom stereocenters. The largest absolute Gasteiger partial charge is 0.469 e. The number of ether oxygens (including phenoxy) is 1. The van der Waals surface area contributed by atoms with E-state index in [4.69, 9.17) is 4.74 Å². The number of hydrogen-bond acceptors (Lipinski definition) is 5. The molecule has 1 aliphatic rings. The molecule has 2 N–H and O–H groups in total. The maximum atomic E-state index is 12.8. The van der Waals surface area contributed by atoms with E-state index in [1.54, 1.807) is 6.07 Å². The third-order valence-electron chi connectivity index (χ3n) is 4.68. The Morgan fingerprint density at radius 1 is 1.36 bits per heavy atom. The van der Waals surface area contributed by atoms with Crippen molar-refractivity contribution in [2.24, 2.45) is 5.92 Å². The quantitative estimate of drug-likeness (QED) is 0.448. The van der Waals surface area contributed by atoms with Gasteiger partial charge in [0.25, 0.3) is 11.6 Å². The SMILES string of the molecule is COC(=O)C[C@@H](C(=O)Nc1ccccc1[N+](=O)[O-])[NH+]1CCC(C)CC1. The first-order valence-corrected chi connectivity index (χ1v) is 8.38. The number of benzene rings is 1. The van der Waals surface area contributed by atoms with Crippen molar-refractivity contribution in [3.63, 3.8) is 0 Å². The van der Waals surface area contributed by atoms with Gasteiger partial charge in [0.05, 0.1) is 25.1 Å². The van der Waals surface area contributed by atoms with Crippen molar-refractivity contribution in [2.75, 3.05) is 25.5 Å². The van der Waals surface area contributed by atoms with Crippen molar-refractivity contribution in [3.05, 3.63) is 34.4 Å². The number of rotatable bonds is 6. The predicted molar refractivity (Wildman–Crippen MR) is 91.2 cm³/mol. The second-order valence-corrected chi connectivity index (χ2v) is 6.44. The minimum absolute atomic E-state index is 0.0489. The van der Waals surface area contributed by atoms with Crippen LogP contribution in [0, 0.1) is 16.0 Å². The number of hydrogen-bond donors (Lipinski definition) is 2. The number of amides is 1. The number of anilines is 1. The Morgan fingerprint density at radius 3 is 2.60 bits per heavy atom. The highest BCUT2D eigenvalue weighted by Crippen LogP contribution is 2.23. The number of nitrogens with one attached hydrogen (secondary N) is 2. The topological polar surface area (TPSA) is 103 Å². The summed E-state index contributed by atoms with van der Waals surface area (Å²) in [6, 6.07) is 5.35. The first-order valence-electron chi connectivity index (χ1n) is 8.38. The molecule has 1 aliphatic heterocycles. The number of para-hydroxylation sites is 2. The van der Waals surface area contributed by atoms with Crippen molar-refractivity contribution < 1.29 is 24.1 Å². The summed E-state index contributed by atoms with van der Waals surface area (Å²) in [4.78, 5) is 36.1. The lowest BCUT2D eigenvalue weighted by Gasteiger charge is -2.32. The van der Waals surface area contributed by atoms with Gasteiger partial charge in [-0.2, -0.15) is 0 Å². The summed E-state index contributed by atoms with van der Waals surface area (Å²) in [5, 5.41) is 13.7. The molecule has 1 fully saturated rings. The minimum atomic E-state index is -0.625. The lowest BCUT2D eigenvalue weighted by atomic mass is 9.97. The molecule has 1 amide bonds. The molecule has 0 aromatic heterocycles. The fourth-order valence-corrected chi connectivity index (χ4v) is 3.11. The van der Waals surface area contributed by atoms with Crippen LogP contribution in [0.15, 0.2) is 24.3 Å². The van der Waals surface area contributed by atoms with E-state index in [9.17, 15) is 19.7 Å². The number of carbonyl (C=O) groups is 2. The highest BCUT2D eigenvalue weighted by molar-refractivity contribution is 5.97. The van der Waals surface area contributed by atoms with E-state index in [-0.39, 0.29) is 17.8 Å². The molecule has 0 saturated carbocycles. The number of piperidine rings is 1. The van der Waals surface area contributed by atoms with Crippen molar-refractivity contribution in [3.8, 4) is 0 Å². The summed E-state index contributed by atoms with van der Waals surface area (Å²) in [7, 11) is 1.28. The first kappa shape index (κ1) is 18.9. The summed E-state index contributed by atoms with van der Waals surface area (Å²) in [5.74, 6) is -0.265. The molecular weight excluding hydrogens is 326 g/mol. The standard InChI is InChI=1S/C17H23N3O5/c1-12-7-9-19(10-8-12)15(11-16(21)25-2)17(22)18-13-5-3-4-6-14(13)20(23)24/h3-6,12,15H,7-11H2,1-2H3,(H,18,22)/p+1/t15-/m0/s1. The molecule has 0 radical (unpaired) electrons. The molecule has 0 aliphatic carbocycles. The van der Waals surface area contributed by atoms with E-state index in [0.717, 1.165) is 30.8 Å². The van der Waals surface area contributed by atoms with E-state index in [1.165, 1.54) is 25.3 Å². The van der Waals surface area contributed by atoms with Gasteiger partial charge in [0.2, 0.25) is 0 Å². The van der Waals surface area contributed by atoms with E-state index in [1.807, 2.05) is 0 Å². The molecular formula is C17H24N3O5+. The molecule has 1 saturated heterocycles. The zero-order valence-electron chi connectivity index (χ0n) is 14.5. The first-order chi connectivity index (χ1) is 11.9. The maximum absolute atomic E-state index is 12.8. The Morgan fingerprint density at radius 2 is 2.00 bits per heavy atom. The van der Waals surface area contributed by atoms with Gasteiger partial charge in [-0.1, -0.05) is 19.1 Å². The molecule has 1 aromatic rings. The van der Waals surface area contributed by atoms with Crippen LogP contribution in [0.4, 0.5) is 11.4 Å².